The van der Waals surface area contributed by atoms with E-state index in [1.807, 2.05) is 7.05 Å². The summed E-state index contributed by atoms with van der Waals surface area (Å²) in [6.07, 6.45) is 7.74. The van der Waals surface area contributed by atoms with Crippen molar-refractivity contribution < 1.29 is 9.53 Å². The fourth-order valence-corrected chi connectivity index (χ4v) is 2.66. The largest absolute Gasteiger partial charge is 0.378 e. The van der Waals surface area contributed by atoms with Gasteiger partial charge in [-0.1, -0.05) is 11.6 Å². The van der Waals surface area contributed by atoms with E-state index in [9.17, 15) is 4.79 Å². The van der Waals surface area contributed by atoms with Crippen LogP contribution in [0.2, 0.25) is 5.02 Å². The highest BCUT2D eigenvalue weighted by Crippen LogP contribution is 2.17. The molecule has 2 heterocycles. The van der Waals surface area contributed by atoms with Gasteiger partial charge in [0.1, 0.15) is 5.69 Å². The zero-order valence-corrected chi connectivity index (χ0v) is 12.1. The molecule has 1 atom stereocenters. The summed E-state index contributed by atoms with van der Waals surface area (Å²) in [4.78, 5) is 11.9. The maximum absolute atomic E-state index is 11.9. The molecule has 1 fully saturated rings. The van der Waals surface area contributed by atoms with E-state index in [0.717, 1.165) is 25.9 Å². The SMILES string of the molecule is Cn1cc(Cl)cc1C(=O)NCCCCC1CCCO1. The summed E-state index contributed by atoms with van der Waals surface area (Å²) in [5.74, 6) is -0.0634. The lowest BCUT2D eigenvalue weighted by atomic mass is 10.1. The van der Waals surface area contributed by atoms with Gasteiger partial charge in [-0.25, -0.2) is 0 Å². The summed E-state index contributed by atoms with van der Waals surface area (Å²) in [6, 6.07) is 1.68. The zero-order chi connectivity index (χ0) is 13.7. The van der Waals surface area contributed by atoms with Gasteiger partial charge in [-0.05, 0) is 38.2 Å². The summed E-state index contributed by atoms with van der Waals surface area (Å²) in [7, 11) is 1.82. The van der Waals surface area contributed by atoms with Gasteiger partial charge in [-0.2, -0.15) is 0 Å². The van der Waals surface area contributed by atoms with Gasteiger partial charge in [-0.15, -0.1) is 0 Å². The summed E-state index contributed by atoms with van der Waals surface area (Å²) >= 11 is 5.85. The predicted molar refractivity (Wildman–Crippen MR) is 75.6 cm³/mol. The van der Waals surface area contributed by atoms with Crippen LogP contribution in [0.15, 0.2) is 12.3 Å². The van der Waals surface area contributed by atoms with Crippen LogP contribution in [0.3, 0.4) is 0 Å². The monoisotopic (exact) mass is 284 g/mol. The summed E-state index contributed by atoms with van der Waals surface area (Å²) in [5.41, 5.74) is 0.601. The van der Waals surface area contributed by atoms with Gasteiger partial charge in [0.05, 0.1) is 11.1 Å². The minimum Gasteiger partial charge on any atom is -0.378 e. The first kappa shape index (κ1) is 14.4. The fourth-order valence-electron chi connectivity index (χ4n) is 2.41. The van der Waals surface area contributed by atoms with Crippen molar-refractivity contribution in [2.45, 2.75) is 38.2 Å². The van der Waals surface area contributed by atoms with Crippen LogP contribution in [-0.2, 0) is 11.8 Å². The van der Waals surface area contributed by atoms with E-state index in [1.54, 1.807) is 16.8 Å². The average Bonchev–Trinajstić information content (AvgIpc) is 2.98. The highest BCUT2D eigenvalue weighted by molar-refractivity contribution is 6.31. The molecule has 1 aliphatic heterocycles. The van der Waals surface area contributed by atoms with Crippen molar-refractivity contribution in [3.05, 3.63) is 23.0 Å². The Labute approximate surface area is 119 Å². The van der Waals surface area contributed by atoms with E-state index in [0.29, 0.717) is 23.4 Å². The molecule has 0 aromatic carbocycles. The molecule has 4 nitrogen and oxygen atoms in total. The van der Waals surface area contributed by atoms with Crippen molar-refractivity contribution in [2.24, 2.45) is 7.05 Å². The number of halogens is 1. The quantitative estimate of drug-likeness (QED) is 0.816. The molecule has 0 saturated carbocycles. The molecule has 1 aromatic rings. The van der Waals surface area contributed by atoms with Crippen molar-refractivity contribution >= 4 is 17.5 Å². The van der Waals surface area contributed by atoms with Gasteiger partial charge in [0.2, 0.25) is 0 Å². The maximum atomic E-state index is 11.9. The molecule has 0 bridgehead atoms. The van der Waals surface area contributed by atoms with Gasteiger partial charge in [-0.3, -0.25) is 4.79 Å². The smallest absolute Gasteiger partial charge is 0.267 e. The van der Waals surface area contributed by atoms with Crippen LogP contribution < -0.4 is 5.32 Å². The van der Waals surface area contributed by atoms with Gasteiger partial charge < -0.3 is 14.6 Å². The van der Waals surface area contributed by atoms with Crippen LogP contribution >= 0.6 is 11.6 Å². The number of aromatic nitrogens is 1. The van der Waals surface area contributed by atoms with Crippen LogP contribution in [0, 0.1) is 0 Å². The molecule has 1 amide bonds. The molecule has 2 rings (SSSR count). The van der Waals surface area contributed by atoms with Crippen molar-refractivity contribution in [1.29, 1.82) is 0 Å². The molecular formula is C14H21ClN2O2. The number of unbranched alkanes of at least 4 members (excludes halogenated alkanes) is 1. The molecule has 19 heavy (non-hydrogen) atoms. The highest BCUT2D eigenvalue weighted by Gasteiger charge is 2.14. The number of carbonyl (C=O) groups excluding carboxylic acids is 1. The van der Waals surface area contributed by atoms with E-state index < -0.39 is 0 Å². The molecule has 0 radical (unpaired) electrons. The number of ether oxygens (including phenoxy) is 1. The molecule has 1 N–H and O–H groups in total. The summed E-state index contributed by atoms with van der Waals surface area (Å²) in [5, 5.41) is 3.51. The molecular weight excluding hydrogens is 264 g/mol. The standard InChI is InChI=1S/C14H21ClN2O2/c1-17-10-11(15)9-13(17)14(18)16-7-3-2-5-12-6-4-8-19-12/h9-10,12H,2-8H2,1H3,(H,16,18). The normalized spacial score (nSPS) is 18.7. The number of nitrogens with zero attached hydrogens (tertiary/aromatic N) is 1. The average molecular weight is 285 g/mol. The Bertz CT molecular complexity index is 425. The molecule has 0 spiro atoms. The van der Waals surface area contributed by atoms with Crippen LogP contribution in [0.25, 0.3) is 0 Å². The third-order valence-electron chi connectivity index (χ3n) is 3.47. The second kappa shape index (κ2) is 6.96. The minimum absolute atomic E-state index is 0.0634. The van der Waals surface area contributed by atoms with Gasteiger partial charge in [0.25, 0.3) is 5.91 Å². The van der Waals surface area contributed by atoms with Crippen LogP contribution in [0.1, 0.15) is 42.6 Å². The Morgan fingerprint density at radius 2 is 2.42 bits per heavy atom. The van der Waals surface area contributed by atoms with Crippen molar-refractivity contribution in [3.63, 3.8) is 0 Å². The Morgan fingerprint density at radius 3 is 3.05 bits per heavy atom. The summed E-state index contributed by atoms with van der Waals surface area (Å²) in [6.45, 7) is 1.62. The van der Waals surface area contributed by atoms with Crippen LogP contribution in [-0.4, -0.2) is 29.7 Å². The van der Waals surface area contributed by atoms with Crippen molar-refractivity contribution in [2.75, 3.05) is 13.2 Å². The maximum Gasteiger partial charge on any atom is 0.267 e. The lowest BCUT2D eigenvalue weighted by Crippen LogP contribution is -2.26. The zero-order valence-electron chi connectivity index (χ0n) is 11.3. The number of amides is 1. The predicted octanol–water partition coefficient (Wildman–Crippen LogP) is 2.76. The van der Waals surface area contributed by atoms with E-state index in [1.165, 1.54) is 12.8 Å². The van der Waals surface area contributed by atoms with Crippen molar-refractivity contribution in [1.82, 2.24) is 9.88 Å². The van der Waals surface area contributed by atoms with Gasteiger partial charge in [0.15, 0.2) is 0 Å². The number of hydrogen-bond acceptors (Lipinski definition) is 2. The first-order chi connectivity index (χ1) is 9.16. The molecule has 1 aliphatic rings. The van der Waals surface area contributed by atoms with E-state index >= 15 is 0 Å². The number of rotatable bonds is 6. The number of carbonyl (C=O) groups is 1. The second-order valence-electron chi connectivity index (χ2n) is 5.04. The van der Waals surface area contributed by atoms with Gasteiger partial charge in [0, 0.05) is 26.4 Å². The lowest BCUT2D eigenvalue weighted by molar-refractivity contribution is 0.0939. The van der Waals surface area contributed by atoms with Gasteiger partial charge >= 0.3 is 0 Å². The molecule has 1 saturated heterocycles. The second-order valence-corrected chi connectivity index (χ2v) is 5.48. The topological polar surface area (TPSA) is 43.3 Å². The minimum atomic E-state index is -0.0634. The third kappa shape index (κ3) is 4.25. The Morgan fingerprint density at radius 1 is 1.58 bits per heavy atom. The van der Waals surface area contributed by atoms with E-state index in [2.05, 4.69) is 5.32 Å². The van der Waals surface area contributed by atoms with Crippen molar-refractivity contribution in [3.8, 4) is 0 Å². The third-order valence-corrected chi connectivity index (χ3v) is 3.67. The molecule has 1 unspecified atom stereocenters. The molecule has 0 aliphatic carbocycles. The Balaban J connectivity index is 1.62. The number of nitrogens with one attached hydrogen (secondary N) is 1. The Kier molecular flexibility index (Phi) is 5.28. The molecule has 106 valence electrons. The highest BCUT2D eigenvalue weighted by atomic mass is 35.5. The molecule has 1 aromatic heterocycles. The number of hydrogen-bond donors (Lipinski definition) is 1. The molecule has 5 heteroatoms. The first-order valence-corrected chi connectivity index (χ1v) is 7.26. The fraction of sp³-hybridized carbons (Fsp3) is 0.643. The van der Waals surface area contributed by atoms with E-state index in [4.69, 9.17) is 16.3 Å². The first-order valence-electron chi connectivity index (χ1n) is 6.88. The summed E-state index contributed by atoms with van der Waals surface area (Å²) < 4.78 is 7.30. The Hall–Kier alpha value is -1.00. The lowest BCUT2D eigenvalue weighted by Gasteiger charge is -2.09. The van der Waals surface area contributed by atoms with Crippen LogP contribution in [0.5, 0.6) is 0 Å². The number of aryl methyl sites for hydroxylation is 1. The van der Waals surface area contributed by atoms with E-state index in [-0.39, 0.29) is 5.91 Å². The van der Waals surface area contributed by atoms with Crippen LogP contribution in [0.4, 0.5) is 0 Å².